The van der Waals surface area contributed by atoms with Crippen molar-refractivity contribution < 1.29 is 4.79 Å². The van der Waals surface area contributed by atoms with Crippen molar-refractivity contribution in [3.8, 4) is 0 Å². The molecule has 2 aromatic carbocycles. The predicted octanol–water partition coefficient (Wildman–Crippen LogP) is 3.50. The summed E-state index contributed by atoms with van der Waals surface area (Å²) < 4.78 is 0. The summed E-state index contributed by atoms with van der Waals surface area (Å²) in [6.07, 6.45) is 2.43. The summed E-state index contributed by atoms with van der Waals surface area (Å²) in [5, 5.41) is 5.67. The fraction of sp³-hybridized carbons (Fsp3) is 0.450. The first-order valence-corrected chi connectivity index (χ1v) is 8.57. The monoisotopic (exact) mass is 310 g/mol. The number of nitrogens with one attached hydrogen (secondary N) is 1. The van der Waals surface area contributed by atoms with Gasteiger partial charge in [-0.15, -0.1) is 0 Å². The fourth-order valence-electron chi connectivity index (χ4n) is 3.63. The third kappa shape index (κ3) is 3.91. The number of aryl methyl sites for hydroxylation is 1. The molecule has 0 spiro atoms. The predicted molar refractivity (Wildman–Crippen MR) is 95.4 cm³/mol. The molecule has 3 nitrogen and oxygen atoms in total. The molecule has 1 atom stereocenters. The molecule has 23 heavy (non-hydrogen) atoms. The van der Waals surface area contributed by atoms with E-state index in [1.807, 2.05) is 0 Å². The molecule has 0 aromatic heterocycles. The molecule has 1 saturated heterocycles. The fourth-order valence-corrected chi connectivity index (χ4v) is 3.63. The quantitative estimate of drug-likeness (QED) is 0.937. The van der Waals surface area contributed by atoms with E-state index in [1.54, 1.807) is 6.92 Å². The number of hydrogen-bond donors (Lipinski definition) is 1. The Morgan fingerprint density at radius 1 is 1.26 bits per heavy atom. The first-order chi connectivity index (χ1) is 11.1. The van der Waals surface area contributed by atoms with Gasteiger partial charge in [0, 0.05) is 26.6 Å². The van der Waals surface area contributed by atoms with Gasteiger partial charge in [0.2, 0.25) is 5.91 Å². The minimum absolute atomic E-state index is 0.0759. The molecule has 1 N–H and O–H groups in total. The molecular weight excluding hydrogens is 284 g/mol. The van der Waals surface area contributed by atoms with Gasteiger partial charge in [0.15, 0.2) is 0 Å². The van der Waals surface area contributed by atoms with Gasteiger partial charge < -0.3 is 5.32 Å². The molecule has 0 bridgehead atoms. The SMILES string of the molecule is CC(=O)NC[C@@H]1CCCN(Cc2c(C)ccc3ccccc23)C1. The summed E-state index contributed by atoms with van der Waals surface area (Å²) in [5.41, 5.74) is 2.82. The van der Waals surface area contributed by atoms with Gasteiger partial charge in [0.05, 0.1) is 0 Å². The zero-order chi connectivity index (χ0) is 16.2. The second kappa shape index (κ2) is 7.14. The van der Waals surface area contributed by atoms with Crippen molar-refractivity contribution in [1.29, 1.82) is 0 Å². The first kappa shape index (κ1) is 16.0. The van der Waals surface area contributed by atoms with Gasteiger partial charge in [-0.2, -0.15) is 0 Å². The Labute approximate surface area is 138 Å². The summed E-state index contributed by atoms with van der Waals surface area (Å²) in [7, 11) is 0. The lowest BCUT2D eigenvalue weighted by molar-refractivity contribution is -0.119. The van der Waals surface area contributed by atoms with E-state index in [2.05, 4.69) is 53.5 Å². The van der Waals surface area contributed by atoms with Crippen LogP contribution in [0.1, 0.15) is 30.9 Å². The molecule has 1 heterocycles. The lowest BCUT2D eigenvalue weighted by Crippen LogP contribution is -2.40. The van der Waals surface area contributed by atoms with Gasteiger partial charge in [0.25, 0.3) is 0 Å². The lowest BCUT2D eigenvalue weighted by atomic mass is 9.95. The summed E-state index contributed by atoms with van der Waals surface area (Å²) in [4.78, 5) is 13.7. The second-order valence-electron chi connectivity index (χ2n) is 6.76. The summed E-state index contributed by atoms with van der Waals surface area (Å²) in [5.74, 6) is 0.648. The standard InChI is InChI=1S/C20H26N2O/c1-15-9-10-18-7-3-4-8-19(18)20(15)14-22-11-5-6-17(13-22)12-21-16(2)23/h3-4,7-10,17H,5-6,11-14H2,1-2H3,(H,21,23)/t17-/m0/s1. The van der Waals surface area contributed by atoms with E-state index >= 15 is 0 Å². The van der Waals surface area contributed by atoms with Crippen molar-refractivity contribution in [3.05, 3.63) is 47.5 Å². The van der Waals surface area contributed by atoms with Crippen molar-refractivity contribution >= 4 is 16.7 Å². The molecule has 1 fully saturated rings. The Hall–Kier alpha value is -1.87. The van der Waals surface area contributed by atoms with Crippen LogP contribution in [0.25, 0.3) is 10.8 Å². The number of hydrogen-bond acceptors (Lipinski definition) is 2. The van der Waals surface area contributed by atoms with Crippen LogP contribution in [0.2, 0.25) is 0 Å². The van der Waals surface area contributed by atoms with Crippen LogP contribution in [-0.4, -0.2) is 30.4 Å². The van der Waals surface area contributed by atoms with E-state index in [1.165, 1.54) is 34.7 Å². The number of rotatable bonds is 4. The van der Waals surface area contributed by atoms with Gasteiger partial charge >= 0.3 is 0 Å². The first-order valence-electron chi connectivity index (χ1n) is 8.57. The molecule has 1 amide bonds. The van der Waals surface area contributed by atoms with E-state index < -0.39 is 0 Å². The summed E-state index contributed by atoms with van der Waals surface area (Å²) >= 11 is 0. The minimum atomic E-state index is 0.0759. The van der Waals surface area contributed by atoms with Crippen molar-refractivity contribution in [3.63, 3.8) is 0 Å². The van der Waals surface area contributed by atoms with Gasteiger partial charge in [0.1, 0.15) is 0 Å². The topological polar surface area (TPSA) is 32.3 Å². The van der Waals surface area contributed by atoms with Crippen molar-refractivity contribution in [2.75, 3.05) is 19.6 Å². The maximum absolute atomic E-state index is 11.1. The molecule has 0 aliphatic carbocycles. The highest BCUT2D eigenvalue weighted by molar-refractivity contribution is 5.86. The van der Waals surface area contributed by atoms with Crippen LogP contribution in [0.3, 0.4) is 0 Å². The number of nitrogens with zero attached hydrogens (tertiary/aromatic N) is 1. The van der Waals surface area contributed by atoms with Crippen LogP contribution in [-0.2, 0) is 11.3 Å². The molecule has 1 aliphatic rings. The lowest BCUT2D eigenvalue weighted by Gasteiger charge is -2.33. The molecule has 122 valence electrons. The number of likely N-dealkylation sites (tertiary alicyclic amines) is 1. The Morgan fingerprint density at radius 3 is 2.91 bits per heavy atom. The molecule has 0 saturated carbocycles. The molecule has 0 unspecified atom stereocenters. The molecule has 0 radical (unpaired) electrons. The van der Waals surface area contributed by atoms with E-state index in [0.29, 0.717) is 5.92 Å². The normalized spacial score (nSPS) is 19.0. The van der Waals surface area contributed by atoms with Gasteiger partial charge in [-0.05, 0) is 54.1 Å². The van der Waals surface area contributed by atoms with E-state index in [9.17, 15) is 4.79 Å². The highest BCUT2D eigenvalue weighted by atomic mass is 16.1. The molecule has 1 aliphatic heterocycles. The van der Waals surface area contributed by atoms with E-state index in [4.69, 9.17) is 0 Å². The Bertz CT molecular complexity index is 695. The van der Waals surface area contributed by atoms with Gasteiger partial charge in [-0.25, -0.2) is 0 Å². The van der Waals surface area contributed by atoms with Crippen LogP contribution in [0, 0.1) is 12.8 Å². The number of carbonyl (C=O) groups excluding carboxylic acids is 1. The number of amides is 1. The van der Waals surface area contributed by atoms with E-state index in [-0.39, 0.29) is 5.91 Å². The number of benzene rings is 2. The highest BCUT2D eigenvalue weighted by Crippen LogP contribution is 2.25. The summed E-state index contributed by atoms with van der Waals surface area (Å²) in [6.45, 7) is 7.84. The second-order valence-corrected chi connectivity index (χ2v) is 6.76. The average molecular weight is 310 g/mol. The van der Waals surface area contributed by atoms with Crippen LogP contribution in [0.5, 0.6) is 0 Å². The summed E-state index contributed by atoms with van der Waals surface area (Å²) in [6, 6.07) is 13.1. The zero-order valence-electron chi connectivity index (χ0n) is 14.1. The molecular formula is C20H26N2O. The molecule has 2 aromatic rings. The van der Waals surface area contributed by atoms with Crippen LogP contribution < -0.4 is 5.32 Å². The van der Waals surface area contributed by atoms with Crippen molar-refractivity contribution in [1.82, 2.24) is 10.2 Å². The molecule has 3 heteroatoms. The third-order valence-electron chi connectivity index (χ3n) is 4.90. The number of fused-ring (bicyclic) bond motifs is 1. The maximum Gasteiger partial charge on any atom is 0.216 e. The number of piperidine rings is 1. The van der Waals surface area contributed by atoms with Crippen LogP contribution >= 0.6 is 0 Å². The van der Waals surface area contributed by atoms with Crippen molar-refractivity contribution in [2.24, 2.45) is 5.92 Å². The average Bonchev–Trinajstić information content (AvgIpc) is 2.56. The van der Waals surface area contributed by atoms with Crippen LogP contribution in [0.4, 0.5) is 0 Å². The van der Waals surface area contributed by atoms with Crippen LogP contribution in [0.15, 0.2) is 36.4 Å². The Balaban J connectivity index is 1.74. The maximum atomic E-state index is 11.1. The molecule has 3 rings (SSSR count). The van der Waals surface area contributed by atoms with Gasteiger partial charge in [-0.1, -0.05) is 36.4 Å². The third-order valence-corrected chi connectivity index (χ3v) is 4.90. The Morgan fingerprint density at radius 2 is 2.09 bits per heavy atom. The highest BCUT2D eigenvalue weighted by Gasteiger charge is 2.21. The number of carbonyl (C=O) groups is 1. The largest absolute Gasteiger partial charge is 0.356 e. The zero-order valence-corrected chi connectivity index (χ0v) is 14.1. The Kier molecular flexibility index (Phi) is 4.97. The van der Waals surface area contributed by atoms with E-state index in [0.717, 1.165) is 26.2 Å². The smallest absolute Gasteiger partial charge is 0.216 e. The minimum Gasteiger partial charge on any atom is -0.356 e. The van der Waals surface area contributed by atoms with Crippen molar-refractivity contribution in [2.45, 2.75) is 33.2 Å². The van der Waals surface area contributed by atoms with Gasteiger partial charge in [-0.3, -0.25) is 9.69 Å².